The number of aromatic hydroxyl groups is 1. The number of ether oxygens (including phenoxy) is 1. The van der Waals surface area contributed by atoms with Crippen molar-refractivity contribution >= 4 is 33.4 Å². The summed E-state index contributed by atoms with van der Waals surface area (Å²) >= 11 is 0. The average molecular weight is 420 g/mol. The Kier molecular flexibility index (Phi) is 7.08. The van der Waals surface area contributed by atoms with E-state index in [9.17, 15) is 27.9 Å². The second kappa shape index (κ2) is 9.30. The lowest BCUT2D eigenvalue weighted by Gasteiger charge is -2.11. The molecule has 0 bridgehead atoms. The lowest BCUT2D eigenvalue weighted by atomic mass is 10.1. The zero-order valence-electron chi connectivity index (χ0n) is 15.8. The molecule has 0 heterocycles. The van der Waals surface area contributed by atoms with E-state index in [4.69, 9.17) is 0 Å². The Hall–Kier alpha value is -3.24. The first-order valence-electron chi connectivity index (χ1n) is 8.46. The number of rotatable bonds is 8. The van der Waals surface area contributed by atoms with Crippen LogP contribution < -0.4 is 10.0 Å². The summed E-state index contributed by atoms with van der Waals surface area (Å²) in [6.07, 6.45) is -0.216. The molecule has 0 fully saturated rings. The van der Waals surface area contributed by atoms with Gasteiger partial charge in [0.1, 0.15) is 5.56 Å². The highest BCUT2D eigenvalue weighted by atomic mass is 32.2. The third-order valence-electron chi connectivity index (χ3n) is 3.93. The number of methoxy groups -OCH3 is 1. The molecule has 29 heavy (non-hydrogen) atoms. The monoisotopic (exact) mass is 420 g/mol. The average Bonchev–Trinajstić information content (AvgIpc) is 2.69. The van der Waals surface area contributed by atoms with Crippen LogP contribution in [0.3, 0.4) is 0 Å². The second-order valence-corrected chi connectivity index (χ2v) is 7.74. The van der Waals surface area contributed by atoms with Crippen LogP contribution in [0.5, 0.6) is 5.75 Å². The Balaban J connectivity index is 1.96. The van der Waals surface area contributed by atoms with Crippen molar-refractivity contribution in [2.45, 2.75) is 18.2 Å². The predicted octanol–water partition coefficient (Wildman–Crippen LogP) is 1.69. The Morgan fingerprint density at radius 3 is 2.31 bits per heavy atom. The summed E-state index contributed by atoms with van der Waals surface area (Å²) < 4.78 is 31.3. The van der Waals surface area contributed by atoms with Gasteiger partial charge in [-0.25, -0.2) is 17.9 Å². The number of ketones is 1. The van der Waals surface area contributed by atoms with Gasteiger partial charge in [0, 0.05) is 18.5 Å². The molecule has 0 saturated carbocycles. The van der Waals surface area contributed by atoms with Crippen molar-refractivity contribution in [1.29, 1.82) is 0 Å². The smallest absolute Gasteiger partial charge is 0.341 e. The van der Waals surface area contributed by atoms with Gasteiger partial charge in [-0.05, 0) is 31.2 Å². The number of Topliss-reactive ketones (excluding diaryl/α,β-unsaturated/α-hetero) is 1. The third kappa shape index (κ3) is 5.62. The molecule has 2 aromatic rings. The minimum atomic E-state index is -3.85. The van der Waals surface area contributed by atoms with Crippen molar-refractivity contribution in [2.75, 3.05) is 19.0 Å². The molecule has 154 valence electrons. The summed E-state index contributed by atoms with van der Waals surface area (Å²) in [6.45, 7) is 1.18. The van der Waals surface area contributed by atoms with E-state index in [1.165, 1.54) is 49.4 Å². The predicted molar refractivity (Wildman–Crippen MR) is 104 cm³/mol. The fourth-order valence-electron chi connectivity index (χ4n) is 2.38. The van der Waals surface area contributed by atoms with Gasteiger partial charge in [-0.15, -0.1) is 0 Å². The number of phenolic OH excluding ortho intramolecular Hbond substituents is 1. The maximum absolute atomic E-state index is 12.2. The highest BCUT2D eigenvalue weighted by Crippen LogP contribution is 2.28. The number of carbonyl (C=O) groups is 3. The fraction of sp³-hybridized carbons (Fsp3) is 0.211. The van der Waals surface area contributed by atoms with E-state index in [-0.39, 0.29) is 34.9 Å². The van der Waals surface area contributed by atoms with Gasteiger partial charge < -0.3 is 15.2 Å². The summed E-state index contributed by atoms with van der Waals surface area (Å²) in [5, 5.41) is 12.5. The van der Waals surface area contributed by atoms with E-state index in [2.05, 4.69) is 14.8 Å². The SMILES string of the molecule is COC(=O)c1cccc(NC(=O)CCNS(=O)(=O)c2ccc(C(C)=O)cc2)c1O. The molecule has 2 aromatic carbocycles. The summed E-state index contributed by atoms with van der Waals surface area (Å²) in [5.41, 5.74) is 0.276. The number of carbonyl (C=O) groups excluding carboxylic acids is 3. The molecule has 0 radical (unpaired) electrons. The Labute approximate surface area is 167 Å². The minimum Gasteiger partial charge on any atom is -0.505 e. The van der Waals surface area contributed by atoms with Crippen LogP contribution >= 0.6 is 0 Å². The number of hydrogen-bond acceptors (Lipinski definition) is 7. The molecule has 0 aromatic heterocycles. The van der Waals surface area contributed by atoms with Gasteiger partial charge in [0.25, 0.3) is 0 Å². The summed E-state index contributed by atoms with van der Waals surface area (Å²) in [4.78, 5) is 34.8. The molecule has 1 amide bonds. The number of phenols is 1. The molecule has 2 rings (SSSR count). The Bertz CT molecular complexity index is 1030. The molecule has 0 aliphatic heterocycles. The van der Waals surface area contributed by atoms with Gasteiger partial charge >= 0.3 is 5.97 Å². The van der Waals surface area contributed by atoms with Gasteiger partial charge in [0.05, 0.1) is 17.7 Å². The fourth-order valence-corrected chi connectivity index (χ4v) is 3.41. The summed E-state index contributed by atoms with van der Waals surface area (Å²) in [7, 11) is -2.69. The number of nitrogens with one attached hydrogen (secondary N) is 2. The van der Waals surface area contributed by atoms with Crippen molar-refractivity contribution in [3.8, 4) is 5.75 Å². The maximum atomic E-state index is 12.2. The van der Waals surface area contributed by atoms with Crippen molar-refractivity contribution in [3.05, 3.63) is 53.6 Å². The van der Waals surface area contributed by atoms with Gasteiger partial charge in [-0.3, -0.25) is 9.59 Å². The van der Waals surface area contributed by atoms with Crippen LogP contribution in [0, 0.1) is 0 Å². The van der Waals surface area contributed by atoms with Crippen molar-refractivity contribution in [2.24, 2.45) is 0 Å². The number of sulfonamides is 1. The highest BCUT2D eigenvalue weighted by molar-refractivity contribution is 7.89. The quantitative estimate of drug-likeness (QED) is 0.335. The van der Waals surface area contributed by atoms with Crippen LogP contribution in [0.1, 0.15) is 34.1 Å². The third-order valence-corrected chi connectivity index (χ3v) is 5.41. The first-order chi connectivity index (χ1) is 13.7. The van der Waals surface area contributed by atoms with E-state index in [0.717, 1.165) is 7.11 Å². The molecule has 0 aliphatic carbocycles. The number of amides is 1. The first kappa shape index (κ1) is 22.1. The van der Waals surface area contributed by atoms with Crippen LogP contribution in [0.4, 0.5) is 5.69 Å². The minimum absolute atomic E-state index is 0.000536. The number of anilines is 1. The lowest BCUT2D eigenvalue weighted by Crippen LogP contribution is -2.28. The molecule has 0 aliphatic rings. The molecule has 0 unspecified atom stereocenters. The van der Waals surface area contributed by atoms with Crippen LogP contribution in [0.2, 0.25) is 0 Å². The molecule has 3 N–H and O–H groups in total. The van der Waals surface area contributed by atoms with Crippen LogP contribution in [0.25, 0.3) is 0 Å². The topological polar surface area (TPSA) is 139 Å². The maximum Gasteiger partial charge on any atom is 0.341 e. The standard InChI is InChI=1S/C19H20N2O7S/c1-12(22)13-6-8-14(9-7-13)29(26,27)20-11-10-17(23)21-16-5-3-4-15(18(16)24)19(25)28-2/h3-9,20,24H,10-11H2,1-2H3,(H,21,23). The first-order valence-corrected chi connectivity index (χ1v) is 9.95. The zero-order valence-corrected chi connectivity index (χ0v) is 16.6. The van der Waals surface area contributed by atoms with E-state index < -0.39 is 27.6 Å². The number of benzene rings is 2. The van der Waals surface area contributed by atoms with Crippen molar-refractivity contribution < 1.29 is 32.6 Å². The van der Waals surface area contributed by atoms with E-state index in [1.807, 2.05) is 0 Å². The molecular weight excluding hydrogens is 400 g/mol. The van der Waals surface area contributed by atoms with Gasteiger partial charge in [0.15, 0.2) is 11.5 Å². The second-order valence-electron chi connectivity index (χ2n) is 5.97. The van der Waals surface area contributed by atoms with Crippen molar-refractivity contribution in [3.63, 3.8) is 0 Å². The largest absolute Gasteiger partial charge is 0.505 e. The summed E-state index contributed by atoms with van der Waals surface area (Å²) in [6, 6.07) is 9.59. The lowest BCUT2D eigenvalue weighted by molar-refractivity contribution is -0.116. The molecule has 0 saturated heterocycles. The van der Waals surface area contributed by atoms with E-state index in [0.29, 0.717) is 5.56 Å². The van der Waals surface area contributed by atoms with Crippen molar-refractivity contribution in [1.82, 2.24) is 4.72 Å². The summed E-state index contributed by atoms with van der Waals surface area (Å²) in [5.74, 6) is -1.96. The molecular formula is C19H20N2O7S. The van der Waals surface area contributed by atoms with Gasteiger partial charge in [-0.2, -0.15) is 0 Å². The number of para-hydroxylation sites is 1. The Morgan fingerprint density at radius 2 is 1.72 bits per heavy atom. The zero-order chi connectivity index (χ0) is 21.6. The molecule has 0 atom stereocenters. The van der Waals surface area contributed by atoms with Crippen LogP contribution in [-0.4, -0.2) is 44.8 Å². The molecule has 0 spiro atoms. The van der Waals surface area contributed by atoms with E-state index >= 15 is 0 Å². The van der Waals surface area contributed by atoms with Gasteiger partial charge in [-0.1, -0.05) is 18.2 Å². The normalized spacial score (nSPS) is 11.0. The molecule has 10 heteroatoms. The number of esters is 1. The molecule has 9 nitrogen and oxygen atoms in total. The van der Waals surface area contributed by atoms with Gasteiger partial charge in [0.2, 0.25) is 15.9 Å². The Morgan fingerprint density at radius 1 is 1.07 bits per heavy atom. The van der Waals surface area contributed by atoms with Crippen LogP contribution in [-0.2, 0) is 19.6 Å². The van der Waals surface area contributed by atoms with E-state index in [1.54, 1.807) is 0 Å². The number of hydrogen-bond donors (Lipinski definition) is 3. The van der Waals surface area contributed by atoms with Crippen LogP contribution in [0.15, 0.2) is 47.4 Å². The highest BCUT2D eigenvalue weighted by Gasteiger charge is 2.17.